The summed E-state index contributed by atoms with van der Waals surface area (Å²) in [6.07, 6.45) is 0.978. The predicted molar refractivity (Wildman–Crippen MR) is 83.7 cm³/mol. The minimum atomic E-state index is -0.0239. The summed E-state index contributed by atoms with van der Waals surface area (Å²) in [5, 5.41) is 2.73. The topological polar surface area (TPSA) is 82.8 Å². The molecule has 0 bridgehead atoms. The Morgan fingerprint density at radius 1 is 1.14 bits per heavy atom. The summed E-state index contributed by atoms with van der Waals surface area (Å²) in [4.78, 5) is 11.6. The number of nitrogens with one attached hydrogen (secondary N) is 1. The fourth-order valence-corrected chi connectivity index (χ4v) is 1.84. The quantitative estimate of drug-likeness (QED) is 0.751. The Kier molecular flexibility index (Phi) is 9.32. The third-order valence-electron chi connectivity index (χ3n) is 2.83. The minimum Gasteiger partial charge on any atom is -0.493 e. The molecule has 21 heavy (non-hydrogen) atoms. The molecular formula is C14H23ClN2O4. The molecule has 0 saturated heterocycles. The summed E-state index contributed by atoms with van der Waals surface area (Å²) in [5.41, 5.74) is 6.28. The number of ether oxygens (including phenoxy) is 3. The molecule has 1 amide bonds. The van der Waals surface area contributed by atoms with Gasteiger partial charge in [-0.3, -0.25) is 4.79 Å². The van der Waals surface area contributed by atoms with E-state index in [1.807, 2.05) is 12.1 Å². The number of carbonyl (C=O) groups is 1. The van der Waals surface area contributed by atoms with Crippen molar-refractivity contribution in [1.82, 2.24) is 5.32 Å². The molecular weight excluding hydrogens is 296 g/mol. The first-order valence-corrected chi connectivity index (χ1v) is 6.41. The van der Waals surface area contributed by atoms with Crippen molar-refractivity contribution in [2.24, 2.45) is 5.73 Å². The van der Waals surface area contributed by atoms with Crippen molar-refractivity contribution in [3.63, 3.8) is 0 Å². The van der Waals surface area contributed by atoms with Crippen LogP contribution in [0.2, 0.25) is 0 Å². The van der Waals surface area contributed by atoms with Gasteiger partial charge in [-0.25, -0.2) is 0 Å². The average molecular weight is 319 g/mol. The second-order valence-corrected chi connectivity index (χ2v) is 4.17. The summed E-state index contributed by atoms with van der Waals surface area (Å²) in [7, 11) is 4.68. The van der Waals surface area contributed by atoms with Gasteiger partial charge in [0.1, 0.15) is 0 Å². The van der Waals surface area contributed by atoms with Gasteiger partial charge >= 0.3 is 0 Å². The second-order valence-electron chi connectivity index (χ2n) is 4.17. The van der Waals surface area contributed by atoms with E-state index in [0.29, 0.717) is 43.2 Å². The predicted octanol–water partition coefficient (Wildman–Crippen LogP) is 1.14. The number of benzene rings is 1. The molecule has 0 unspecified atom stereocenters. The van der Waals surface area contributed by atoms with E-state index in [0.717, 1.165) is 5.56 Å². The van der Waals surface area contributed by atoms with E-state index >= 15 is 0 Å². The summed E-state index contributed by atoms with van der Waals surface area (Å²) in [5.74, 6) is 1.70. The van der Waals surface area contributed by atoms with Crippen molar-refractivity contribution in [2.45, 2.75) is 12.8 Å². The highest BCUT2D eigenvalue weighted by atomic mass is 35.5. The van der Waals surface area contributed by atoms with Gasteiger partial charge in [0.15, 0.2) is 11.5 Å². The van der Waals surface area contributed by atoms with Crippen LogP contribution in [0.5, 0.6) is 17.2 Å². The molecule has 0 atom stereocenters. The molecule has 0 fully saturated rings. The maximum Gasteiger partial charge on any atom is 0.220 e. The molecule has 0 heterocycles. The van der Waals surface area contributed by atoms with Crippen molar-refractivity contribution in [3.05, 3.63) is 17.7 Å². The standard InChI is InChI=1S/C14H22N2O4.ClH/c1-18-11-8-10(4-5-13(17)16-7-6-15)9-12(19-2)14(11)20-3;/h8-9H,4-7,15H2,1-3H3,(H,16,17);1H. The van der Waals surface area contributed by atoms with E-state index in [1.54, 1.807) is 21.3 Å². The molecule has 0 radical (unpaired) electrons. The molecule has 120 valence electrons. The zero-order valence-electron chi connectivity index (χ0n) is 12.6. The van der Waals surface area contributed by atoms with Gasteiger partial charge < -0.3 is 25.3 Å². The van der Waals surface area contributed by atoms with Crippen molar-refractivity contribution < 1.29 is 19.0 Å². The normalized spacial score (nSPS) is 9.52. The molecule has 6 nitrogen and oxygen atoms in total. The van der Waals surface area contributed by atoms with Gasteiger partial charge in [0.05, 0.1) is 21.3 Å². The number of halogens is 1. The highest BCUT2D eigenvalue weighted by molar-refractivity contribution is 5.85. The summed E-state index contributed by atoms with van der Waals surface area (Å²) < 4.78 is 15.8. The average Bonchev–Trinajstić information content (AvgIpc) is 2.49. The van der Waals surface area contributed by atoms with Crippen molar-refractivity contribution in [3.8, 4) is 17.2 Å². The van der Waals surface area contributed by atoms with E-state index in [9.17, 15) is 4.79 Å². The molecule has 1 aromatic rings. The first-order valence-electron chi connectivity index (χ1n) is 6.41. The third-order valence-corrected chi connectivity index (χ3v) is 2.83. The monoisotopic (exact) mass is 318 g/mol. The number of methoxy groups -OCH3 is 3. The van der Waals surface area contributed by atoms with Crippen LogP contribution in [-0.2, 0) is 11.2 Å². The zero-order valence-corrected chi connectivity index (χ0v) is 13.4. The number of aryl methyl sites for hydroxylation is 1. The lowest BCUT2D eigenvalue weighted by Gasteiger charge is -2.14. The first kappa shape index (κ1) is 19.3. The van der Waals surface area contributed by atoms with Gasteiger partial charge in [0.2, 0.25) is 11.7 Å². The largest absolute Gasteiger partial charge is 0.493 e. The third kappa shape index (κ3) is 5.69. The number of amides is 1. The number of hydrogen-bond donors (Lipinski definition) is 2. The number of nitrogens with two attached hydrogens (primary N) is 1. The van der Waals surface area contributed by atoms with Crippen LogP contribution < -0.4 is 25.3 Å². The minimum absolute atomic E-state index is 0. The fourth-order valence-electron chi connectivity index (χ4n) is 1.84. The lowest BCUT2D eigenvalue weighted by molar-refractivity contribution is -0.121. The number of rotatable bonds is 8. The van der Waals surface area contributed by atoms with E-state index < -0.39 is 0 Å². The van der Waals surface area contributed by atoms with Gasteiger partial charge in [-0.2, -0.15) is 0 Å². The van der Waals surface area contributed by atoms with Gasteiger partial charge in [-0.1, -0.05) is 0 Å². The van der Waals surface area contributed by atoms with E-state index in [-0.39, 0.29) is 18.3 Å². The van der Waals surface area contributed by atoms with Crippen LogP contribution in [0.1, 0.15) is 12.0 Å². The van der Waals surface area contributed by atoms with Crippen LogP contribution in [0.4, 0.5) is 0 Å². The fraction of sp³-hybridized carbons (Fsp3) is 0.500. The number of hydrogen-bond acceptors (Lipinski definition) is 5. The molecule has 7 heteroatoms. The first-order chi connectivity index (χ1) is 9.65. The molecule has 1 aromatic carbocycles. The molecule has 0 spiro atoms. The van der Waals surface area contributed by atoms with E-state index in [4.69, 9.17) is 19.9 Å². The van der Waals surface area contributed by atoms with Gasteiger partial charge in [0, 0.05) is 19.5 Å². The summed E-state index contributed by atoms with van der Waals surface area (Å²) >= 11 is 0. The van der Waals surface area contributed by atoms with Gasteiger partial charge in [0.25, 0.3) is 0 Å². The second kappa shape index (κ2) is 10.1. The van der Waals surface area contributed by atoms with E-state index in [2.05, 4.69) is 5.32 Å². The lowest BCUT2D eigenvalue weighted by Crippen LogP contribution is -2.29. The van der Waals surface area contributed by atoms with E-state index in [1.165, 1.54) is 0 Å². The van der Waals surface area contributed by atoms with Gasteiger partial charge in [-0.15, -0.1) is 12.4 Å². The molecule has 1 rings (SSSR count). The highest BCUT2D eigenvalue weighted by Crippen LogP contribution is 2.38. The maximum absolute atomic E-state index is 11.6. The van der Waals surface area contributed by atoms with Crippen LogP contribution in [0.15, 0.2) is 12.1 Å². The zero-order chi connectivity index (χ0) is 15.0. The lowest BCUT2D eigenvalue weighted by atomic mass is 10.1. The Bertz CT molecular complexity index is 430. The van der Waals surface area contributed by atoms with Crippen molar-refractivity contribution in [1.29, 1.82) is 0 Å². The van der Waals surface area contributed by atoms with Crippen LogP contribution in [-0.4, -0.2) is 40.3 Å². The highest BCUT2D eigenvalue weighted by Gasteiger charge is 2.13. The van der Waals surface area contributed by atoms with Crippen LogP contribution in [0.25, 0.3) is 0 Å². The molecule has 3 N–H and O–H groups in total. The Hall–Kier alpha value is -1.66. The van der Waals surface area contributed by atoms with Gasteiger partial charge in [-0.05, 0) is 24.1 Å². The van der Waals surface area contributed by atoms with Crippen molar-refractivity contribution >= 4 is 18.3 Å². The Balaban J connectivity index is 0.00000400. The van der Waals surface area contributed by atoms with Crippen LogP contribution >= 0.6 is 12.4 Å². The molecule has 0 saturated carbocycles. The summed E-state index contributed by atoms with van der Waals surface area (Å²) in [6, 6.07) is 3.69. The summed E-state index contributed by atoms with van der Waals surface area (Å²) in [6.45, 7) is 0.935. The Morgan fingerprint density at radius 3 is 2.14 bits per heavy atom. The molecule has 0 aliphatic heterocycles. The van der Waals surface area contributed by atoms with Crippen LogP contribution in [0.3, 0.4) is 0 Å². The molecule has 0 aromatic heterocycles. The Morgan fingerprint density at radius 2 is 1.71 bits per heavy atom. The number of carbonyl (C=O) groups excluding carboxylic acids is 1. The van der Waals surface area contributed by atoms with Crippen molar-refractivity contribution in [2.75, 3.05) is 34.4 Å². The Labute approximate surface area is 131 Å². The SMILES string of the molecule is COc1cc(CCC(=O)NCCN)cc(OC)c1OC.Cl. The van der Waals surface area contributed by atoms with Crippen LogP contribution in [0, 0.1) is 0 Å². The molecule has 0 aliphatic carbocycles. The smallest absolute Gasteiger partial charge is 0.220 e. The maximum atomic E-state index is 11.6. The molecule has 0 aliphatic rings.